The first kappa shape index (κ1) is 16.1. The van der Waals surface area contributed by atoms with Gasteiger partial charge in [-0.3, -0.25) is 10.2 Å². The summed E-state index contributed by atoms with van der Waals surface area (Å²) in [5.41, 5.74) is 7.43. The molecule has 124 valence electrons. The van der Waals surface area contributed by atoms with Crippen LogP contribution in [0.2, 0.25) is 0 Å². The van der Waals surface area contributed by atoms with E-state index in [1.165, 1.54) is 0 Å². The highest BCUT2D eigenvalue weighted by Crippen LogP contribution is 2.19. The van der Waals surface area contributed by atoms with Gasteiger partial charge < -0.3 is 9.88 Å². The molecule has 3 N–H and O–H groups in total. The molecular weight excluding hydrogens is 324 g/mol. The molecule has 0 saturated carbocycles. The van der Waals surface area contributed by atoms with E-state index < -0.39 is 6.03 Å². The average molecular weight is 342 g/mol. The van der Waals surface area contributed by atoms with Crippen LogP contribution in [0.5, 0.6) is 0 Å². The molecule has 0 radical (unpaired) electrons. The Bertz CT molecular complexity index is 897. The number of hydrogen-bond donors (Lipinski definition) is 3. The number of aromatic nitrogens is 1. The standard InChI is InChI=1S/C17H18N4O2S/c1-11-7-8-24-15(11)9-18-17(23)20-19-16(22)13-10-21(2)14-6-4-3-5-12(13)14/h3-8,10H,9H2,1-2H3,(H,19,22)(H2,18,20,23). The van der Waals surface area contributed by atoms with Crippen molar-refractivity contribution in [3.8, 4) is 0 Å². The minimum absolute atomic E-state index is 0.353. The molecule has 0 bridgehead atoms. The Balaban J connectivity index is 1.58. The second kappa shape index (κ2) is 6.76. The van der Waals surface area contributed by atoms with Gasteiger partial charge in [0.05, 0.1) is 12.1 Å². The Labute approximate surface area is 143 Å². The number of para-hydroxylation sites is 1. The van der Waals surface area contributed by atoms with Crippen molar-refractivity contribution < 1.29 is 9.59 Å². The molecule has 6 nitrogen and oxygen atoms in total. The molecule has 24 heavy (non-hydrogen) atoms. The van der Waals surface area contributed by atoms with E-state index in [2.05, 4.69) is 16.2 Å². The van der Waals surface area contributed by atoms with Gasteiger partial charge in [-0.2, -0.15) is 0 Å². The van der Waals surface area contributed by atoms with Crippen LogP contribution in [0, 0.1) is 6.92 Å². The molecule has 3 rings (SSSR count). The van der Waals surface area contributed by atoms with Gasteiger partial charge in [0, 0.05) is 29.0 Å². The highest BCUT2D eigenvalue weighted by Gasteiger charge is 2.14. The van der Waals surface area contributed by atoms with E-state index in [-0.39, 0.29) is 5.91 Å². The van der Waals surface area contributed by atoms with Gasteiger partial charge in [-0.1, -0.05) is 18.2 Å². The molecule has 0 unspecified atom stereocenters. The van der Waals surface area contributed by atoms with Crippen molar-refractivity contribution >= 4 is 34.2 Å². The highest BCUT2D eigenvalue weighted by atomic mass is 32.1. The van der Waals surface area contributed by atoms with Crippen molar-refractivity contribution in [2.75, 3.05) is 0 Å². The van der Waals surface area contributed by atoms with Gasteiger partial charge >= 0.3 is 6.03 Å². The summed E-state index contributed by atoms with van der Waals surface area (Å²) in [5, 5.41) is 5.54. The number of amides is 3. The number of rotatable bonds is 3. The lowest BCUT2D eigenvalue weighted by Gasteiger charge is -2.08. The summed E-state index contributed by atoms with van der Waals surface area (Å²) < 4.78 is 1.88. The lowest BCUT2D eigenvalue weighted by molar-refractivity contribution is 0.0937. The number of urea groups is 1. The van der Waals surface area contributed by atoms with Crippen LogP contribution < -0.4 is 16.2 Å². The highest BCUT2D eigenvalue weighted by molar-refractivity contribution is 7.10. The van der Waals surface area contributed by atoms with Crippen molar-refractivity contribution in [2.24, 2.45) is 7.05 Å². The second-order valence-corrected chi connectivity index (χ2v) is 6.46. The van der Waals surface area contributed by atoms with Gasteiger partial charge in [0.25, 0.3) is 5.91 Å². The van der Waals surface area contributed by atoms with Crippen molar-refractivity contribution in [3.05, 3.63) is 57.9 Å². The summed E-state index contributed by atoms with van der Waals surface area (Å²) >= 11 is 1.58. The average Bonchev–Trinajstić information content (AvgIpc) is 3.14. The summed E-state index contributed by atoms with van der Waals surface area (Å²) in [4.78, 5) is 25.2. The number of benzene rings is 1. The number of fused-ring (bicyclic) bond motifs is 1. The van der Waals surface area contributed by atoms with E-state index in [1.807, 2.05) is 54.3 Å². The Morgan fingerprint density at radius 3 is 2.71 bits per heavy atom. The zero-order chi connectivity index (χ0) is 17.1. The third-order valence-corrected chi connectivity index (χ3v) is 4.83. The number of carbonyl (C=O) groups is 2. The molecule has 0 saturated heterocycles. The van der Waals surface area contributed by atoms with Crippen molar-refractivity contribution in [1.29, 1.82) is 0 Å². The Kier molecular flexibility index (Phi) is 4.52. The van der Waals surface area contributed by atoms with E-state index in [0.717, 1.165) is 21.3 Å². The lowest BCUT2D eigenvalue weighted by Crippen LogP contribution is -2.46. The molecule has 0 aliphatic heterocycles. The molecule has 3 aromatic rings. The number of carbonyl (C=O) groups excluding carboxylic acids is 2. The molecule has 2 aromatic heterocycles. The van der Waals surface area contributed by atoms with E-state index in [0.29, 0.717) is 12.1 Å². The van der Waals surface area contributed by atoms with E-state index in [4.69, 9.17) is 0 Å². The summed E-state index contributed by atoms with van der Waals surface area (Å²) in [6.45, 7) is 2.42. The Morgan fingerprint density at radius 1 is 1.17 bits per heavy atom. The van der Waals surface area contributed by atoms with Gasteiger partial charge in [-0.15, -0.1) is 11.3 Å². The van der Waals surface area contributed by atoms with Crippen LogP contribution in [0.15, 0.2) is 41.9 Å². The van der Waals surface area contributed by atoms with Gasteiger partial charge in [-0.25, -0.2) is 10.2 Å². The second-order valence-electron chi connectivity index (χ2n) is 5.46. The SMILES string of the molecule is Cc1ccsc1CNC(=O)NNC(=O)c1cn(C)c2ccccc12. The molecule has 0 spiro atoms. The quantitative estimate of drug-likeness (QED) is 0.640. The fourth-order valence-corrected chi connectivity index (χ4v) is 3.34. The van der Waals surface area contributed by atoms with Crippen LogP contribution >= 0.6 is 11.3 Å². The normalized spacial score (nSPS) is 10.6. The first-order valence-corrected chi connectivity index (χ1v) is 8.35. The topological polar surface area (TPSA) is 75.2 Å². The molecule has 0 fully saturated rings. The Hall–Kier alpha value is -2.80. The zero-order valence-electron chi connectivity index (χ0n) is 13.4. The van der Waals surface area contributed by atoms with E-state index >= 15 is 0 Å². The van der Waals surface area contributed by atoms with Crippen LogP contribution in [0.1, 0.15) is 20.8 Å². The number of hydrogen-bond acceptors (Lipinski definition) is 3. The van der Waals surface area contributed by atoms with Gasteiger partial charge in [0.15, 0.2) is 0 Å². The molecule has 0 aliphatic carbocycles. The number of hydrazine groups is 1. The summed E-state index contributed by atoms with van der Waals surface area (Å²) in [7, 11) is 1.88. The largest absolute Gasteiger partial charge is 0.350 e. The number of nitrogens with one attached hydrogen (secondary N) is 3. The summed E-state index contributed by atoms with van der Waals surface area (Å²) in [6, 6.07) is 9.17. The maximum absolute atomic E-state index is 12.3. The van der Waals surface area contributed by atoms with Crippen LogP contribution in [-0.2, 0) is 13.6 Å². The number of nitrogens with zero attached hydrogens (tertiary/aromatic N) is 1. The van der Waals surface area contributed by atoms with Crippen LogP contribution in [0.4, 0.5) is 4.79 Å². The molecule has 1 aromatic carbocycles. The van der Waals surface area contributed by atoms with Crippen LogP contribution in [0.3, 0.4) is 0 Å². The summed E-state index contributed by atoms with van der Waals surface area (Å²) in [5.74, 6) is -0.353. The molecule has 0 aliphatic rings. The number of thiophene rings is 1. The molecule has 7 heteroatoms. The molecule has 3 amide bonds. The smallest absolute Gasteiger partial charge is 0.333 e. The third-order valence-electron chi connectivity index (χ3n) is 3.81. The van der Waals surface area contributed by atoms with E-state index in [1.54, 1.807) is 17.5 Å². The van der Waals surface area contributed by atoms with Crippen molar-refractivity contribution in [1.82, 2.24) is 20.7 Å². The predicted octanol–water partition coefficient (Wildman–Crippen LogP) is 2.69. The minimum Gasteiger partial charge on any atom is -0.350 e. The predicted molar refractivity (Wildman–Crippen MR) is 94.8 cm³/mol. The molecule has 2 heterocycles. The lowest BCUT2D eigenvalue weighted by atomic mass is 10.2. The fourth-order valence-electron chi connectivity index (χ4n) is 2.49. The monoisotopic (exact) mass is 342 g/mol. The molecule has 0 atom stereocenters. The van der Waals surface area contributed by atoms with Crippen molar-refractivity contribution in [2.45, 2.75) is 13.5 Å². The molecular formula is C17H18N4O2S. The van der Waals surface area contributed by atoms with Gasteiger partial charge in [-0.05, 0) is 30.0 Å². The third kappa shape index (κ3) is 3.26. The fraction of sp³-hybridized carbons (Fsp3) is 0.176. The van der Waals surface area contributed by atoms with Gasteiger partial charge in [0.1, 0.15) is 0 Å². The van der Waals surface area contributed by atoms with E-state index in [9.17, 15) is 9.59 Å². The maximum atomic E-state index is 12.3. The minimum atomic E-state index is -0.448. The van der Waals surface area contributed by atoms with Gasteiger partial charge in [0.2, 0.25) is 0 Å². The number of aryl methyl sites for hydroxylation is 2. The van der Waals surface area contributed by atoms with Crippen LogP contribution in [-0.4, -0.2) is 16.5 Å². The van der Waals surface area contributed by atoms with Crippen LogP contribution in [0.25, 0.3) is 10.9 Å². The Morgan fingerprint density at radius 2 is 1.96 bits per heavy atom. The summed E-state index contributed by atoms with van der Waals surface area (Å²) in [6.07, 6.45) is 1.74. The maximum Gasteiger partial charge on any atom is 0.333 e. The first-order valence-electron chi connectivity index (χ1n) is 7.47. The first-order chi connectivity index (χ1) is 11.6. The van der Waals surface area contributed by atoms with Crippen molar-refractivity contribution in [3.63, 3.8) is 0 Å². The zero-order valence-corrected chi connectivity index (χ0v) is 14.2.